The molecule has 0 spiro atoms. The number of piperidine rings is 1. The van der Waals surface area contributed by atoms with Crippen molar-refractivity contribution in [3.05, 3.63) is 48.8 Å². The average Bonchev–Trinajstić information content (AvgIpc) is 2.62. The van der Waals surface area contributed by atoms with Gasteiger partial charge in [0.1, 0.15) is 11.9 Å². The lowest BCUT2D eigenvalue weighted by molar-refractivity contribution is -0.135. The van der Waals surface area contributed by atoms with E-state index in [2.05, 4.69) is 9.97 Å². The van der Waals surface area contributed by atoms with Gasteiger partial charge in [-0.15, -0.1) is 0 Å². The molecule has 120 valence electrons. The van der Waals surface area contributed by atoms with Crippen molar-refractivity contribution in [2.45, 2.75) is 18.9 Å². The summed E-state index contributed by atoms with van der Waals surface area (Å²) < 4.78 is 11.2. The third-order valence-corrected chi connectivity index (χ3v) is 3.71. The number of benzene rings is 1. The third-order valence-electron chi connectivity index (χ3n) is 3.71. The van der Waals surface area contributed by atoms with E-state index in [1.807, 2.05) is 35.2 Å². The molecule has 2 heterocycles. The van der Waals surface area contributed by atoms with E-state index in [1.165, 1.54) is 0 Å². The third kappa shape index (κ3) is 4.42. The van der Waals surface area contributed by atoms with Gasteiger partial charge in [-0.3, -0.25) is 4.79 Å². The second-order valence-corrected chi connectivity index (χ2v) is 5.33. The zero-order valence-corrected chi connectivity index (χ0v) is 12.8. The Morgan fingerprint density at radius 3 is 2.48 bits per heavy atom. The summed E-state index contributed by atoms with van der Waals surface area (Å²) in [4.78, 5) is 22.1. The SMILES string of the molecule is O=C(COc1ccccc1)N1CCC(Oc2ncccn2)CC1. The molecule has 3 rings (SSSR count). The molecule has 1 amide bonds. The maximum absolute atomic E-state index is 12.2. The van der Waals surface area contributed by atoms with Gasteiger partial charge in [-0.2, -0.15) is 0 Å². The molecule has 0 saturated carbocycles. The highest BCUT2D eigenvalue weighted by Gasteiger charge is 2.24. The fraction of sp³-hybridized carbons (Fsp3) is 0.353. The van der Waals surface area contributed by atoms with Crippen LogP contribution in [0, 0.1) is 0 Å². The zero-order chi connectivity index (χ0) is 15.9. The van der Waals surface area contributed by atoms with E-state index in [0.717, 1.165) is 12.8 Å². The Morgan fingerprint density at radius 1 is 1.09 bits per heavy atom. The van der Waals surface area contributed by atoms with Crippen LogP contribution < -0.4 is 9.47 Å². The average molecular weight is 313 g/mol. The topological polar surface area (TPSA) is 64.5 Å². The van der Waals surface area contributed by atoms with E-state index in [4.69, 9.17) is 9.47 Å². The number of ether oxygens (including phenoxy) is 2. The van der Waals surface area contributed by atoms with Gasteiger partial charge in [0, 0.05) is 38.3 Å². The Hall–Kier alpha value is -2.63. The molecule has 1 aliphatic heterocycles. The quantitative estimate of drug-likeness (QED) is 0.844. The van der Waals surface area contributed by atoms with Gasteiger partial charge in [-0.1, -0.05) is 18.2 Å². The second-order valence-electron chi connectivity index (χ2n) is 5.33. The molecule has 0 N–H and O–H groups in total. The number of para-hydroxylation sites is 1. The first-order chi connectivity index (χ1) is 11.3. The van der Waals surface area contributed by atoms with Gasteiger partial charge in [0.2, 0.25) is 0 Å². The van der Waals surface area contributed by atoms with Crippen molar-refractivity contribution in [2.75, 3.05) is 19.7 Å². The molecule has 2 aromatic rings. The maximum atomic E-state index is 12.2. The summed E-state index contributed by atoms with van der Waals surface area (Å²) in [6, 6.07) is 11.5. The highest BCUT2D eigenvalue weighted by molar-refractivity contribution is 5.77. The number of amides is 1. The van der Waals surface area contributed by atoms with Crippen molar-refractivity contribution < 1.29 is 14.3 Å². The Morgan fingerprint density at radius 2 is 1.78 bits per heavy atom. The van der Waals surface area contributed by atoms with Crippen molar-refractivity contribution in [2.24, 2.45) is 0 Å². The highest BCUT2D eigenvalue weighted by Crippen LogP contribution is 2.16. The fourth-order valence-corrected chi connectivity index (χ4v) is 2.47. The lowest BCUT2D eigenvalue weighted by Gasteiger charge is -2.31. The molecule has 0 aliphatic carbocycles. The molecule has 0 unspecified atom stereocenters. The zero-order valence-electron chi connectivity index (χ0n) is 12.8. The van der Waals surface area contributed by atoms with E-state index in [9.17, 15) is 4.79 Å². The molecule has 1 aliphatic rings. The minimum atomic E-state index is 0.00302. The number of carbonyl (C=O) groups is 1. The van der Waals surface area contributed by atoms with Crippen LogP contribution in [-0.2, 0) is 4.79 Å². The maximum Gasteiger partial charge on any atom is 0.316 e. The van der Waals surface area contributed by atoms with Gasteiger partial charge < -0.3 is 14.4 Å². The summed E-state index contributed by atoms with van der Waals surface area (Å²) in [6.45, 7) is 1.39. The van der Waals surface area contributed by atoms with Crippen molar-refractivity contribution in [3.63, 3.8) is 0 Å². The van der Waals surface area contributed by atoms with E-state index < -0.39 is 0 Å². The van der Waals surface area contributed by atoms with Crippen LogP contribution in [-0.4, -0.2) is 46.6 Å². The van der Waals surface area contributed by atoms with E-state index in [1.54, 1.807) is 18.5 Å². The predicted octanol–water partition coefficient (Wildman–Crippen LogP) is 1.93. The molecule has 0 atom stereocenters. The van der Waals surface area contributed by atoms with Gasteiger partial charge >= 0.3 is 6.01 Å². The van der Waals surface area contributed by atoms with Gasteiger partial charge in [0.05, 0.1) is 0 Å². The second kappa shape index (κ2) is 7.58. The lowest BCUT2D eigenvalue weighted by atomic mass is 10.1. The highest BCUT2D eigenvalue weighted by atomic mass is 16.5. The fourth-order valence-electron chi connectivity index (χ4n) is 2.47. The minimum Gasteiger partial charge on any atom is -0.484 e. The summed E-state index contributed by atoms with van der Waals surface area (Å²) in [5.74, 6) is 0.712. The molecular weight excluding hydrogens is 294 g/mol. The monoisotopic (exact) mass is 313 g/mol. The van der Waals surface area contributed by atoms with Crippen LogP contribution in [0.25, 0.3) is 0 Å². The molecule has 6 nitrogen and oxygen atoms in total. The van der Waals surface area contributed by atoms with Crippen LogP contribution in [0.2, 0.25) is 0 Å². The predicted molar refractivity (Wildman–Crippen MR) is 84.2 cm³/mol. The Balaban J connectivity index is 1.42. The first-order valence-corrected chi connectivity index (χ1v) is 7.70. The minimum absolute atomic E-state index is 0.00302. The van der Waals surface area contributed by atoms with Gasteiger partial charge in [0.15, 0.2) is 6.61 Å². The van der Waals surface area contributed by atoms with Gasteiger partial charge in [-0.05, 0) is 18.2 Å². The number of hydrogen-bond donors (Lipinski definition) is 0. The molecule has 23 heavy (non-hydrogen) atoms. The van der Waals surface area contributed by atoms with Crippen molar-refractivity contribution >= 4 is 5.91 Å². The van der Waals surface area contributed by atoms with Crippen LogP contribution in [0.15, 0.2) is 48.8 Å². The number of nitrogens with zero attached hydrogens (tertiary/aromatic N) is 3. The summed E-state index contributed by atoms with van der Waals surface area (Å²) in [7, 11) is 0. The molecule has 0 bridgehead atoms. The summed E-state index contributed by atoms with van der Waals surface area (Å²) in [5.41, 5.74) is 0. The van der Waals surface area contributed by atoms with Crippen molar-refractivity contribution in [3.8, 4) is 11.8 Å². The largest absolute Gasteiger partial charge is 0.484 e. The summed E-state index contributed by atoms with van der Waals surface area (Å²) in [5, 5.41) is 0. The number of rotatable bonds is 5. The van der Waals surface area contributed by atoms with Crippen molar-refractivity contribution in [1.82, 2.24) is 14.9 Å². The lowest BCUT2D eigenvalue weighted by Crippen LogP contribution is -2.43. The van der Waals surface area contributed by atoms with Crippen LogP contribution in [0.4, 0.5) is 0 Å². The van der Waals surface area contributed by atoms with Crippen LogP contribution in [0.1, 0.15) is 12.8 Å². The summed E-state index contributed by atoms with van der Waals surface area (Å²) in [6.07, 6.45) is 4.91. The standard InChI is InChI=1S/C17H19N3O3/c21-16(13-22-14-5-2-1-3-6-14)20-11-7-15(8-12-20)23-17-18-9-4-10-19-17/h1-6,9-10,15H,7-8,11-13H2. The van der Waals surface area contributed by atoms with E-state index in [-0.39, 0.29) is 18.6 Å². The first kappa shape index (κ1) is 15.3. The smallest absolute Gasteiger partial charge is 0.316 e. The Labute approximate surface area is 135 Å². The number of carbonyl (C=O) groups excluding carboxylic acids is 1. The Kier molecular flexibility index (Phi) is 5.03. The normalized spacial score (nSPS) is 15.2. The molecule has 1 aromatic carbocycles. The van der Waals surface area contributed by atoms with E-state index in [0.29, 0.717) is 24.8 Å². The van der Waals surface area contributed by atoms with E-state index >= 15 is 0 Å². The summed E-state index contributed by atoms with van der Waals surface area (Å²) >= 11 is 0. The molecule has 1 fully saturated rings. The Bertz CT molecular complexity index is 613. The van der Waals surface area contributed by atoms with Crippen molar-refractivity contribution in [1.29, 1.82) is 0 Å². The van der Waals surface area contributed by atoms with Gasteiger partial charge in [-0.25, -0.2) is 9.97 Å². The number of likely N-dealkylation sites (tertiary alicyclic amines) is 1. The number of hydrogen-bond acceptors (Lipinski definition) is 5. The first-order valence-electron chi connectivity index (χ1n) is 7.70. The molecule has 6 heteroatoms. The number of aromatic nitrogens is 2. The molecule has 1 aromatic heterocycles. The van der Waals surface area contributed by atoms with Crippen LogP contribution in [0.3, 0.4) is 0 Å². The van der Waals surface area contributed by atoms with Crippen LogP contribution >= 0.6 is 0 Å². The molecule has 0 radical (unpaired) electrons. The van der Waals surface area contributed by atoms with Crippen LogP contribution in [0.5, 0.6) is 11.8 Å². The molecule has 1 saturated heterocycles. The van der Waals surface area contributed by atoms with Gasteiger partial charge in [0.25, 0.3) is 5.91 Å². The molecular formula is C17H19N3O3.